The summed E-state index contributed by atoms with van der Waals surface area (Å²) in [5.41, 5.74) is 9.55. The van der Waals surface area contributed by atoms with Crippen LogP contribution in [0, 0.1) is 13.8 Å². The molecule has 3 aromatic heterocycles. The van der Waals surface area contributed by atoms with Crippen molar-refractivity contribution in [1.82, 2.24) is 30.2 Å². The maximum absolute atomic E-state index is 4.98. The molecule has 4 aromatic carbocycles. The van der Waals surface area contributed by atoms with Crippen LogP contribution in [0.2, 0.25) is 0 Å². The number of hydrogen-bond donors (Lipinski definition) is 1. The predicted molar refractivity (Wildman–Crippen MR) is 178 cm³/mol. The summed E-state index contributed by atoms with van der Waals surface area (Å²) in [6.07, 6.45) is 16.8. The van der Waals surface area contributed by atoms with E-state index >= 15 is 0 Å². The van der Waals surface area contributed by atoms with Crippen LogP contribution in [-0.4, -0.2) is 24.9 Å². The van der Waals surface area contributed by atoms with Crippen LogP contribution in [0.3, 0.4) is 0 Å². The fourth-order valence-electron chi connectivity index (χ4n) is 6.15. The lowest BCUT2D eigenvalue weighted by Gasteiger charge is -2.22. The number of allylic oxidation sites excluding steroid dienone is 2. The number of aromatic nitrogens is 5. The number of nitrogens with zero attached hydrogens (tertiary/aromatic N) is 5. The third-order valence-electron chi connectivity index (χ3n) is 8.57. The molecule has 1 N–H and O–H groups in total. The summed E-state index contributed by atoms with van der Waals surface area (Å²) in [7, 11) is 0. The van der Waals surface area contributed by atoms with Crippen LogP contribution in [-0.2, 0) is 0 Å². The smallest absolute Gasteiger partial charge is 0.115 e. The fourth-order valence-corrected chi connectivity index (χ4v) is 6.15. The SMILES string of the molecule is Cc1cc2c3cc(C4=CC=CC(c5cncnc5)N4)ccc3c3ccc(-c4cccc(-c5cncnc5)n4)cc3c2cc1C. The van der Waals surface area contributed by atoms with Gasteiger partial charge in [0, 0.05) is 47.2 Å². The van der Waals surface area contributed by atoms with E-state index in [2.05, 4.69) is 112 Å². The number of fused-ring (bicyclic) bond motifs is 6. The second kappa shape index (κ2) is 10.5. The van der Waals surface area contributed by atoms with E-state index in [9.17, 15) is 0 Å². The predicted octanol–water partition coefficient (Wildman–Crippen LogP) is 8.31. The Hall–Kier alpha value is -5.75. The monoisotopic (exact) mass is 568 g/mol. The van der Waals surface area contributed by atoms with Crippen molar-refractivity contribution < 1.29 is 0 Å². The van der Waals surface area contributed by atoms with Gasteiger partial charge in [-0.1, -0.05) is 54.6 Å². The fraction of sp³-hybridized carbons (Fsp3) is 0.0789. The van der Waals surface area contributed by atoms with Gasteiger partial charge in [0.2, 0.25) is 0 Å². The Morgan fingerprint density at radius 2 is 1.14 bits per heavy atom. The van der Waals surface area contributed by atoms with E-state index in [0.29, 0.717) is 0 Å². The molecule has 0 fully saturated rings. The average Bonchev–Trinajstić information content (AvgIpc) is 3.09. The van der Waals surface area contributed by atoms with Gasteiger partial charge in [-0.15, -0.1) is 0 Å². The minimum Gasteiger partial charge on any atom is -0.374 e. The van der Waals surface area contributed by atoms with Crippen LogP contribution in [0.1, 0.15) is 28.3 Å². The zero-order valence-electron chi connectivity index (χ0n) is 24.4. The minimum atomic E-state index is 0.0186. The zero-order valence-corrected chi connectivity index (χ0v) is 24.4. The van der Waals surface area contributed by atoms with Crippen LogP contribution in [0.5, 0.6) is 0 Å². The average molecular weight is 569 g/mol. The molecule has 1 aliphatic rings. The summed E-state index contributed by atoms with van der Waals surface area (Å²) in [4.78, 5) is 21.7. The molecule has 8 rings (SSSR count). The lowest BCUT2D eigenvalue weighted by Crippen LogP contribution is -2.20. The number of aryl methyl sites for hydroxylation is 2. The van der Waals surface area contributed by atoms with Gasteiger partial charge < -0.3 is 5.32 Å². The first kappa shape index (κ1) is 25.9. The van der Waals surface area contributed by atoms with E-state index in [1.54, 1.807) is 18.7 Å². The molecule has 7 aromatic rings. The summed E-state index contributed by atoms with van der Waals surface area (Å²) < 4.78 is 0. The molecule has 1 unspecified atom stereocenters. The molecule has 4 heterocycles. The Bertz CT molecular complexity index is 2270. The second-order valence-electron chi connectivity index (χ2n) is 11.3. The first-order valence-corrected chi connectivity index (χ1v) is 14.7. The standard InChI is InChI=1S/C38H28N6/c1-23-13-31-32(14-24(23)2)34-16-26(36-6-4-8-38(44-36)28-19-41-22-42-20-28)10-12-30(34)29-11-9-25(15-33(29)31)35-5-3-7-37(43-35)27-17-39-21-40-18-27/h3-22,37,43H,1-2H3. The molecule has 0 aliphatic carbocycles. The topological polar surface area (TPSA) is 76.5 Å². The molecule has 0 radical (unpaired) electrons. The van der Waals surface area contributed by atoms with Gasteiger partial charge in [0.15, 0.2) is 0 Å². The number of benzene rings is 4. The van der Waals surface area contributed by atoms with Crippen LogP contribution < -0.4 is 5.32 Å². The van der Waals surface area contributed by atoms with Crippen molar-refractivity contribution in [3.05, 3.63) is 145 Å². The molecule has 6 nitrogen and oxygen atoms in total. The Morgan fingerprint density at radius 1 is 0.568 bits per heavy atom. The Labute approximate surface area is 254 Å². The van der Waals surface area contributed by atoms with Crippen molar-refractivity contribution in [2.75, 3.05) is 0 Å². The lowest BCUT2D eigenvalue weighted by molar-refractivity contribution is 0.753. The molecule has 0 saturated heterocycles. The summed E-state index contributed by atoms with van der Waals surface area (Å²) in [5.74, 6) is 0. The number of nitrogens with one attached hydrogen (secondary N) is 1. The molecule has 0 spiro atoms. The van der Waals surface area contributed by atoms with Gasteiger partial charge in [0.05, 0.1) is 17.4 Å². The molecular weight excluding hydrogens is 540 g/mol. The van der Waals surface area contributed by atoms with Gasteiger partial charge in [-0.25, -0.2) is 24.9 Å². The zero-order chi connectivity index (χ0) is 29.6. The van der Waals surface area contributed by atoms with Gasteiger partial charge in [0.25, 0.3) is 0 Å². The quantitative estimate of drug-likeness (QED) is 0.215. The first-order chi connectivity index (χ1) is 21.6. The summed E-state index contributed by atoms with van der Waals surface area (Å²) in [5, 5.41) is 11.1. The normalized spacial score (nSPS) is 14.6. The Kier molecular flexibility index (Phi) is 6.19. The summed E-state index contributed by atoms with van der Waals surface area (Å²) in [6.45, 7) is 4.38. The van der Waals surface area contributed by atoms with Crippen molar-refractivity contribution in [2.24, 2.45) is 0 Å². The number of rotatable bonds is 4. The number of pyridine rings is 1. The van der Waals surface area contributed by atoms with Crippen molar-refractivity contribution in [1.29, 1.82) is 0 Å². The lowest BCUT2D eigenvalue weighted by atomic mass is 9.89. The number of dihydropyridines is 1. The molecule has 44 heavy (non-hydrogen) atoms. The van der Waals surface area contributed by atoms with E-state index in [4.69, 9.17) is 4.98 Å². The largest absolute Gasteiger partial charge is 0.374 e. The molecule has 6 heteroatoms. The van der Waals surface area contributed by atoms with E-state index in [1.807, 2.05) is 24.5 Å². The molecule has 0 saturated carbocycles. The Balaban J connectivity index is 1.28. The summed E-state index contributed by atoms with van der Waals surface area (Å²) >= 11 is 0. The molecule has 0 bridgehead atoms. The van der Waals surface area contributed by atoms with Gasteiger partial charge in [0.1, 0.15) is 12.7 Å². The molecule has 210 valence electrons. The third-order valence-corrected chi connectivity index (χ3v) is 8.57. The highest BCUT2D eigenvalue weighted by atomic mass is 14.9. The summed E-state index contributed by atoms with van der Waals surface area (Å²) in [6, 6.07) is 24.3. The minimum absolute atomic E-state index is 0.0186. The second-order valence-corrected chi connectivity index (χ2v) is 11.3. The molecule has 0 amide bonds. The molecule has 1 aliphatic heterocycles. The van der Waals surface area contributed by atoms with E-state index in [0.717, 1.165) is 39.3 Å². The first-order valence-electron chi connectivity index (χ1n) is 14.7. The van der Waals surface area contributed by atoms with Gasteiger partial charge in [-0.3, -0.25) is 0 Å². The van der Waals surface area contributed by atoms with E-state index < -0.39 is 0 Å². The van der Waals surface area contributed by atoms with Crippen LogP contribution in [0.25, 0.3) is 60.5 Å². The maximum Gasteiger partial charge on any atom is 0.115 e. The molecule has 1 atom stereocenters. The van der Waals surface area contributed by atoms with Crippen LogP contribution in [0.15, 0.2) is 122 Å². The van der Waals surface area contributed by atoms with Crippen molar-refractivity contribution in [2.45, 2.75) is 19.9 Å². The Morgan fingerprint density at radius 3 is 1.82 bits per heavy atom. The third kappa shape index (κ3) is 4.48. The highest BCUT2D eigenvalue weighted by Gasteiger charge is 2.17. The molecular formula is C38H28N6. The van der Waals surface area contributed by atoms with E-state index in [-0.39, 0.29) is 6.04 Å². The van der Waals surface area contributed by atoms with Gasteiger partial charge >= 0.3 is 0 Å². The van der Waals surface area contributed by atoms with Crippen LogP contribution in [0.4, 0.5) is 0 Å². The highest BCUT2D eigenvalue weighted by Crippen LogP contribution is 2.39. The van der Waals surface area contributed by atoms with Crippen LogP contribution >= 0.6 is 0 Å². The number of hydrogen-bond acceptors (Lipinski definition) is 6. The van der Waals surface area contributed by atoms with E-state index in [1.165, 1.54) is 49.8 Å². The highest BCUT2D eigenvalue weighted by molar-refractivity contribution is 6.26. The van der Waals surface area contributed by atoms with Crippen molar-refractivity contribution >= 4 is 38.0 Å². The van der Waals surface area contributed by atoms with Gasteiger partial charge in [-0.2, -0.15) is 0 Å². The van der Waals surface area contributed by atoms with Gasteiger partial charge in [-0.05, 0) is 93.2 Å². The maximum atomic E-state index is 4.98. The van der Waals surface area contributed by atoms with Crippen molar-refractivity contribution in [3.63, 3.8) is 0 Å². The van der Waals surface area contributed by atoms with Crippen molar-refractivity contribution in [3.8, 4) is 22.5 Å².